The van der Waals surface area contributed by atoms with Gasteiger partial charge in [-0.1, -0.05) is 0 Å². The van der Waals surface area contributed by atoms with E-state index in [9.17, 15) is 9.59 Å². The van der Waals surface area contributed by atoms with Crippen LogP contribution in [0.1, 0.15) is 20.8 Å². The summed E-state index contributed by atoms with van der Waals surface area (Å²) >= 11 is 4.05. The number of amides is 1. The molecule has 0 bridgehead atoms. The second-order valence-electron chi connectivity index (χ2n) is 4.89. The Balaban J connectivity index is 3.06. The van der Waals surface area contributed by atoms with Crippen LogP contribution in [0.5, 0.6) is 0 Å². The summed E-state index contributed by atoms with van der Waals surface area (Å²) in [6, 6.07) is 2.84. The minimum Gasteiger partial charge on any atom is -0.442 e. The maximum absolute atomic E-state index is 12.0. The van der Waals surface area contributed by atoms with Crippen molar-refractivity contribution in [2.24, 2.45) is 0 Å². The van der Waals surface area contributed by atoms with E-state index in [1.54, 1.807) is 26.8 Å². The third-order valence-electron chi connectivity index (χ3n) is 2.06. The molecule has 1 aromatic rings. The second kappa shape index (κ2) is 6.12. The van der Waals surface area contributed by atoms with E-state index in [4.69, 9.17) is 9.84 Å². The van der Waals surface area contributed by atoms with Gasteiger partial charge in [-0.25, -0.2) is 14.5 Å². The quantitative estimate of drug-likeness (QED) is 0.813. The molecule has 1 amide bonds. The minimum absolute atomic E-state index is 0.0409. The molecule has 0 aliphatic heterocycles. The van der Waals surface area contributed by atoms with Crippen LogP contribution in [0.4, 0.5) is 4.79 Å². The SMILES string of the molecule is CC(C)(C)OC(=O)N(CCO)n1ccc(S)cc1=O. The lowest BCUT2D eigenvalue weighted by Gasteiger charge is -2.27. The van der Waals surface area contributed by atoms with Gasteiger partial charge in [0.25, 0.3) is 5.56 Å². The maximum Gasteiger partial charge on any atom is 0.429 e. The summed E-state index contributed by atoms with van der Waals surface area (Å²) in [7, 11) is 0. The molecule has 0 atom stereocenters. The van der Waals surface area contributed by atoms with Crippen molar-refractivity contribution in [3.05, 3.63) is 28.7 Å². The fourth-order valence-electron chi connectivity index (χ4n) is 1.36. The highest BCUT2D eigenvalue weighted by Crippen LogP contribution is 2.09. The fraction of sp³-hybridized carbons (Fsp3) is 0.500. The van der Waals surface area contributed by atoms with Crippen molar-refractivity contribution in [1.29, 1.82) is 0 Å². The molecule has 0 saturated carbocycles. The van der Waals surface area contributed by atoms with Crippen LogP contribution < -0.4 is 10.6 Å². The molecule has 1 rings (SSSR count). The zero-order valence-corrected chi connectivity index (χ0v) is 12.1. The average Bonchev–Trinajstić information content (AvgIpc) is 2.24. The number of rotatable bonds is 3. The molecule has 7 heteroatoms. The molecule has 1 N–H and O–H groups in total. The summed E-state index contributed by atoms with van der Waals surface area (Å²) < 4.78 is 6.28. The maximum atomic E-state index is 12.0. The third kappa shape index (κ3) is 4.60. The number of thiol groups is 1. The van der Waals surface area contributed by atoms with Crippen molar-refractivity contribution in [1.82, 2.24) is 4.68 Å². The van der Waals surface area contributed by atoms with E-state index < -0.39 is 17.3 Å². The van der Waals surface area contributed by atoms with Gasteiger partial charge in [-0.15, -0.1) is 12.6 Å². The van der Waals surface area contributed by atoms with E-state index in [1.165, 1.54) is 12.3 Å². The van der Waals surface area contributed by atoms with E-state index in [-0.39, 0.29) is 13.2 Å². The van der Waals surface area contributed by atoms with E-state index in [0.717, 1.165) is 9.69 Å². The molecule has 0 saturated heterocycles. The summed E-state index contributed by atoms with van der Waals surface area (Å²) in [5, 5.41) is 10.1. The van der Waals surface area contributed by atoms with Gasteiger partial charge in [-0.3, -0.25) is 4.79 Å². The zero-order valence-electron chi connectivity index (χ0n) is 11.2. The van der Waals surface area contributed by atoms with Gasteiger partial charge in [0.15, 0.2) is 0 Å². The lowest BCUT2D eigenvalue weighted by atomic mass is 10.2. The highest BCUT2D eigenvalue weighted by atomic mass is 32.1. The van der Waals surface area contributed by atoms with Crippen LogP contribution in [-0.4, -0.2) is 34.6 Å². The highest BCUT2D eigenvalue weighted by Gasteiger charge is 2.23. The van der Waals surface area contributed by atoms with Crippen molar-refractivity contribution in [3.63, 3.8) is 0 Å². The summed E-state index contributed by atoms with van der Waals surface area (Å²) in [6.07, 6.45) is 0.708. The standard InChI is InChI=1S/C12H18N2O4S/c1-12(2,3)18-11(17)14(6-7-15)13-5-4-9(19)8-10(13)16/h4-5,8,15,19H,6-7H2,1-3H3. The predicted molar refractivity (Wildman–Crippen MR) is 74.4 cm³/mol. The lowest BCUT2D eigenvalue weighted by molar-refractivity contribution is 0.0526. The molecule has 19 heavy (non-hydrogen) atoms. The number of carbonyl (C=O) groups is 1. The number of hydrogen-bond donors (Lipinski definition) is 2. The third-order valence-corrected chi connectivity index (χ3v) is 2.34. The number of ether oxygens (including phenoxy) is 1. The number of aromatic nitrogens is 1. The van der Waals surface area contributed by atoms with Crippen LogP contribution in [0.3, 0.4) is 0 Å². The van der Waals surface area contributed by atoms with Crippen LogP contribution in [-0.2, 0) is 4.74 Å². The molecule has 1 aromatic heterocycles. The first kappa shape index (κ1) is 15.6. The Hall–Kier alpha value is -1.47. The predicted octanol–water partition coefficient (Wildman–Crippen LogP) is 1.00. The molecule has 6 nitrogen and oxygen atoms in total. The molecule has 1 heterocycles. The van der Waals surface area contributed by atoms with Crippen LogP contribution in [0.25, 0.3) is 0 Å². The van der Waals surface area contributed by atoms with Crippen LogP contribution in [0, 0.1) is 0 Å². The van der Waals surface area contributed by atoms with Crippen molar-refractivity contribution in [3.8, 4) is 0 Å². The van der Waals surface area contributed by atoms with Crippen molar-refractivity contribution in [2.45, 2.75) is 31.3 Å². The lowest BCUT2D eigenvalue weighted by Crippen LogP contribution is -2.49. The summed E-state index contributed by atoms with van der Waals surface area (Å²) in [6.45, 7) is 4.85. The Labute approximate surface area is 117 Å². The number of nitrogens with zero attached hydrogens (tertiary/aromatic N) is 2. The van der Waals surface area contributed by atoms with Crippen molar-refractivity contribution >= 4 is 18.7 Å². The Morgan fingerprint density at radius 3 is 2.63 bits per heavy atom. The molecule has 0 aromatic carbocycles. The number of carbonyl (C=O) groups excluding carboxylic acids is 1. The number of pyridine rings is 1. The van der Waals surface area contributed by atoms with Crippen LogP contribution in [0.15, 0.2) is 28.0 Å². The molecular formula is C12H18N2O4S. The minimum atomic E-state index is -0.699. The van der Waals surface area contributed by atoms with Gasteiger partial charge in [0, 0.05) is 17.2 Å². The van der Waals surface area contributed by atoms with Gasteiger partial charge in [-0.2, -0.15) is 0 Å². The van der Waals surface area contributed by atoms with E-state index in [0.29, 0.717) is 4.90 Å². The van der Waals surface area contributed by atoms with Gasteiger partial charge in [0.1, 0.15) is 5.60 Å². The summed E-state index contributed by atoms with van der Waals surface area (Å²) in [5.74, 6) is 0. The topological polar surface area (TPSA) is 71.8 Å². The highest BCUT2D eigenvalue weighted by molar-refractivity contribution is 7.80. The normalized spacial score (nSPS) is 11.2. The van der Waals surface area contributed by atoms with E-state index in [1.807, 2.05) is 0 Å². The Bertz CT molecular complexity index is 507. The molecule has 0 spiro atoms. The van der Waals surface area contributed by atoms with E-state index >= 15 is 0 Å². The average molecular weight is 286 g/mol. The Morgan fingerprint density at radius 2 is 2.16 bits per heavy atom. The zero-order chi connectivity index (χ0) is 14.6. The van der Waals surface area contributed by atoms with Gasteiger partial charge in [0.05, 0.1) is 13.2 Å². The summed E-state index contributed by atoms with van der Waals surface area (Å²) in [4.78, 5) is 24.3. The summed E-state index contributed by atoms with van der Waals surface area (Å²) in [5.41, 5.74) is -1.11. The van der Waals surface area contributed by atoms with E-state index in [2.05, 4.69) is 12.6 Å². The van der Waals surface area contributed by atoms with Crippen LogP contribution >= 0.6 is 12.6 Å². The van der Waals surface area contributed by atoms with Gasteiger partial charge < -0.3 is 9.84 Å². The monoisotopic (exact) mass is 286 g/mol. The van der Waals surface area contributed by atoms with Crippen LogP contribution in [0.2, 0.25) is 0 Å². The molecule has 0 aliphatic rings. The largest absolute Gasteiger partial charge is 0.442 e. The fourth-order valence-corrected chi connectivity index (χ4v) is 1.53. The first-order valence-corrected chi connectivity index (χ1v) is 6.22. The van der Waals surface area contributed by atoms with Crippen molar-refractivity contribution < 1.29 is 14.6 Å². The Kier molecular flexibility index (Phi) is 5.02. The first-order valence-electron chi connectivity index (χ1n) is 5.78. The molecule has 0 unspecified atom stereocenters. The van der Waals surface area contributed by atoms with Gasteiger partial charge in [0.2, 0.25) is 0 Å². The molecule has 0 radical (unpaired) electrons. The number of hydrogen-bond acceptors (Lipinski definition) is 5. The molecular weight excluding hydrogens is 268 g/mol. The molecule has 0 aliphatic carbocycles. The smallest absolute Gasteiger partial charge is 0.429 e. The van der Waals surface area contributed by atoms with Crippen molar-refractivity contribution in [2.75, 3.05) is 18.2 Å². The molecule has 106 valence electrons. The van der Waals surface area contributed by atoms with Gasteiger partial charge >= 0.3 is 6.09 Å². The first-order chi connectivity index (χ1) is 8.74. The second-order valence-corrected chi connectivity index (χ2v) is 5.41. The molecule has 0 fully saturated rings. The van der Waals surface area contributed by atoms with Gasteiger partial charge in [-0.05, 0) is 26.8 Å². The number of aliphatic hydroxyl groups excluding tert-OH is 1. The number of aliphatic hydroxyl groups is 1. The Morgan fingerprint density at radius 1 is 1.53 bits per heavy atom.